The average Bonchev–Trinajstić information content (AvgIpc) is 3.61. The van der Waals surface area contributed by atoms with E-state index in [4.69, 9.17) is 14.5 Å². The molecule has 0 aliphatic rings. The van der Waals surface area contributed by atoms with Gasteiger partial charge >= 0.3 is 0 Å². The van der Waals surface area contributed by atoms with Crippen molar-refractivity contribution in [2.45, 2.75) is 43.7 Å². The summed E-state index contributed by atoms with van der Waals surface area (Å²) < 4.78 is 13.2. The van der Waals surface area contributed by atoms with Gasteiger partial charge in [0, 0.05) is 18.8 Å². The van der Waals surface area contributed by atoms with E-state index in [9.17, 15) is 5.11 Å². The molecule has 0 amide bonds. The van der Waals surface area contributed by atoms with Gasteiger partial charge in [-0.25, -0.2) is 4.98 Å². The van der Waals surface area contributed by atoms with E-state index in [2.05, 4.69) is 126 Å². The van der Waals surface area contributed by atoms with Gasteiger partial charge in [0.15, 0.2) is 0 Å². The first kappa shape index (κ1) is 32.8. The molecule has 0 aliphatic carbocycles. The van der Waals surface area contributed by atoms with E-state index in [1.54, 1.807) is 14.2 Å². The van der Waals surface area contributed by atoms with Crippen molar-refractivity contribution in [3.63, 3.8) is 0 Å². The molecule has 0 spiro atoms. The van der Waals surface area contributed by atoms with Crippen LogP contribution in [0.15, 0.2) is 152 Å². The number of aliphatic hydroxyl groups excluding tert-OH is 1. The average molecular weight is 637 g/mol. The van der Waals surface area contributed by atoms with E-state index in [1.807, 2.05) is 30.6 Å². The van der Waals surface area contributed by atoms with Crippen LogP contribution >= 0.6 is 0 Å². The molecule has 0 saturated heterocycles. The van der Waals surface area contributed by atoms with E-state index in [0.717, 1.165) is 30.5 Å². The Morgan fingerprint density at radius 3 is 1.69 bits per heavy atom. The predicted molar refractivity (Wildman–Crippen MR) is 193 cm³/mol. The van der Waals surface area contributed by atoms with Gasteiger partial charge in [-0.3, -0.25) is 0 Å². The molecule has 5 nitrogen and oxygen atoms in total. The third kappa shape index (κ3) is 7.70. The number of aromatic nitrogens is 2. The van der Waals surface area contributed by atoms with E-state index in [-0.39, 0.29) is 5.92 Å². The van der Waals surface area contributed by atoms with E-state index >= 15 is 0 Å². The summed E-state index contributed by atoms with van der Waals surface area (Å²) in [7, 11) is 3.26. The fourth-order valence-electron chi connectivity index (χ4n) is 6.91. The molecule has 1 heterocycles. The number of imidazole rings is 1. The molecular weight excluding hydrogens is 592 g/mol. The maximum Gasteiger partial charge on any atom is 0.122 e. The Bertz CT molecular complexity index is 1720. The molecular formula is C43H44N2O3. The highest BCUT2D eigenvalue weighted by Crippen LogP contribution is 2.41. The molecule has 0 saturated carbocycles. The second-order valence-corrected chi connectivity index (χ2v) is 12.5. The molecule has 2 unspecified atom stereocenters. The highest BCUT2D eigenvalue weighted by atomic mass is 16.5. The van der Waals surface area contributed by atoms with E-state index in [0.29, 0.717) is 24.5 Å². The summed E-state index contributed by atoms with van der Waals surface area (Å²) in [6, 6.07) is 48.5. The summed E-state index contributed by atoms with van der Waals surface area (Å²) >= 11 is 0. The summed E-state index contributed by atoms with van der Waals surface area (Å²) in [5.41, 5.74) is 6.43. The fourth-order valence-corrected chi connectivity index (χ4v) is 6.91. The van der Waals surface area contributed by atoms with Crippen LogP contribution in [0.25, 0.3) is 0 Å². The predicted octanol–water partition coefficient (Wildman–Crippen LogP) is 8.85. The Kier molecular flexibility index (Phi) is 10.7. The maximum atomic E-state index is 11.4. The van der Waals surface area contributed by atoms with Crippen LogP contribution in [0.4, 0.5) is 0 Å². The lowest BCUT2D eigenvalue weighted by atomic mass is 9.69. The monoisotopic (exact) mass is 636 g/mol. The number of methoxy groups -OCH3 is 2. The van der Waals surface area contributed by atoms with Crippen LogP contribution in [0, 0.1) is 5.92 Å². The van der Waals surface area contributed by atoms with E-state index in [1.165, 1.54) is 22.3 Å². The number of rotatable bonds is 15. The van der Waals surface area contributed by atoms with Gasteiger partial charge in [-0.05, 0) is 71.6 Å². The lowest BCUT2D eigenvalue weighted by molar-refractivity contribution is 0.140. The first-order valence-electron chi connectivity index (χ1n) is 16.7. The molecule has 0 bridgehead atoms. The number of hydrogen-bond acceptors (Lipinski definition) is 4. The Balaban J connectivity index is 1.25. The smallest absolute Gasteiger partial charge is 0.122 e. The van der Waals surface area contributed by atoms with Crippen LogP contribution in [-0.2, 0) is 24.8 Å². The number of ether oxygens (including phenoxy) is 2. The summed E-state index contributed by atoms with van der Waals surface area (Å²) in [4.78, 5) is 4.91. The van der Waals surface area contributed by atoms with Crippen LogP contribution in [0.3, 0.4) is 0 Å². The van der Waals surface area contributed by atoms with Gasteiger partial charge in [-0.2, -0.15) is 0 Å². The van der Waals surface area contributed by atoms with E-state index < -0.39 is 11.5 Å². The number of benzene rings is 5. The molecule has 5 heteroatoms. The van der Waals surface area contributed by atoms with Crippen molar-refractivity contribution in [2.24, 2.45) is 5.92 Å². The van der Waals surface area contributed by atoms with Crippen molar-refractivity contribution in [1.82, 2.24) is 9.55 Å². The molecule has 0 fully saturated rings. The number of aryl methyl sites for hydroxylation is 1. The number of hydrogen-bond donors (Lipinski definition) is 1. The number of aliphatic hydroxyl groups is 1. The van der Waals surface area contributed by atoms with Crippen LogP contribution in [-0.4, -0.2) is 28.9 Å². The van der Waals surface area contributed by atoms with Gasteiger partial charge < -0.3 is 19.1 Å². The molecule has 244 valence electrons. The third-order valence-corrected chi connectivity index (χ3v) is 9.40. The van der Waals surface area contributed by atoms with Crippen molar-refractivity contribution in [1.29, 1.82) is 0 Å². The normalized spacial score (nSPS) is 12.7. The number of nitrogens with zero attached hydrogens (tertiary/aromatic N) is 2. The quantitative estimate of drug-likeness (QED) is 0.114. The SMILES string of the molecule is COc1cc(OC)cc(C(O)CC(CCc2cn(CC(c3ccccc3)(c3ccccc3)c3ccccc3)cn2)Cc2ccccc2)c1. The summed E-state index contributed by atoms with van der Waals surface area (Å²) in [5, 5.41) is 11.4. The Hall–Kier alpha value is -5.13. The van der Waals surface area contributed by atoms with Crippen LogP contribution in [0.5, 0.6) is 11.5 Å². The van der Waals surface area contributed by atoms with Gasteiger partial charge in [0.1, 0.15) is 11.5 Å². The Labute approximate surface area is 284 Å². The van der Waals surface area contributed by atoms with Crippen molar-refractivity contribution in [2.75, 3.05) is 14.2 Å². The molecule has 48 heavy (non-hydrogen) atoms. The highest BCUT2D eigenvalue weighted by molar-refractivity contribution is 5.50. The van der Waals surface area contributed by atoms with Gasteiger partial charge in [0.2, 0.25) is 0 Å². The van der Waals surface area contributed by atoms with Crippen molar-refractivity contribution in [3.8, 4) is 11.5 Å². The van der Waals surface area contributed by atoms with Crippen molar-refractivity contribution >= 4 is 0 Å². The molecule has 6 rings (SSSR count). The van der Waals surface area contributed by atoms with Gasteiger partial charge in [-0.1, -0.05) is 121 Å². The summed E-state index contributed by atoms with van der Waals surface area (Å²) in [6.07, 6.45) is 6.72. The van der Waals surface area contributed by atoms with Crippen LogP contribution < -0.4 is 9.47 Å². The molecule has 5 aromatic carbocycles. The van der Waals surface area contributed by atoms with Gasteiger partial charge in [0.05, 0.1) is 37.8 Å². The minimum Gasteiger partial charge on any atom is -0.497 e. The molecule has 6 aromatic rings. The molecule has 0 radical (unpaired) electrons. The Morgan fingerprint density at radius 1 is 0.688 bits per heavy atom. The third-order valence-electron chi connectivity index (χ3n) is 9.40. The highest BCUT2D eigenvalue weighted by Gasteiger charge is 2.36. The largest absolute Gasteiger partial charge is 0.497 e. The first-order chi connectivity index (χ1) is 23.6. The van der Waals surface area contributed by atoms with Crippen LogP contribution in [0.2, 0.25) is 0 Å². The molecule has 1 N–H and O–H groups in total. The van der Waals surface area contributed by atoms with Gasteiger partial charge in [0.25, 0.3) is 0 Å². The molecule has 0 aliphatic heterocycles. The second kappa shape index (κ2) is 15.6. The fraction of sp³-hybridized carbons (Fsp3) is 0.233. The minimum atomic E-state index is -0.650. The first-order valence-corrected chi connectivity index (χ1v) is 16.7. The van der Waals surface area contributed by atoms with Gasteiger partial charge in [-0.15, -0.1) is 0 Å². The molecule has 2 atom stereocenters. The minimum absolute atomic E-state index is 0.238. The lowest BCUT2D eigenvalue weighted by Gasteiger charge is -2.36. The molecule has 1 aromatic heterocycles. The zero-order valence-electron chi connectivity index (χ0n) is 27.8. The maximum absolute atomic E-state index is 11.4. The topological polar surface area (TPSA) is 56.5 Å². The zero-order valence-corrected chi connectivity index (χ0v) is 27.8. The van der Waals surface area contributed by atoms with Crippen molar-refractivity contribution < 1.29 is 14.6 Å². The summed E-state index contributed by atoms with van der Waals surface area (Å²) in [5.74, 6) is 1.58. The van der Waals surface area contributed by atoms with Crippen LogP contribution in [0.1, 0.15) is 52.5 Å². The zero-order chi connectivity index (χ0) is 33.2. The van der Waals surface area contributed by atoms with Crippen molar-refractivity contribution in [3.05, 3.63) is 186 Å². The summed E-state index contributed by atoms with van der Waals surface area (Å²) in [6.45, 7) is 0.710. The lowest BCUT2D eigenvalue weighted by Crippen LogP contribution is -2.34. The second-order valence-electron chi connectivity index (χ2n) is 12.5. The standard InChI is InChI=1S/C43H44N2O3/c1-47-40-27-35(28-41(29-40)48-2)42(46)26-34(25-33-15-7-3-8-16-33)23-24-39-30-45(32-44-39)31-43(36-17-9-4-10-18-36,37-19-11-5-12-20-37)38-21-13-6-14-22-38/h3-22,27-30,32,34,42,46H,23-26,31H2,1-2H3. The Morgan fingerprint density at radius 2 is 1.19 bits per heavy atom.